The molecule has 0 aliphatic rings. The first-order valence-electron chi connectivity index (χ1n) is 12.3. The van der Waals surface area contributed by atoms with Gasteiger partial charge in [0.05, 0.1) is 31.3 Å². The maximum Gasteiger partial charge on any atom is 0.206 e. The molecule has 5 rings (SSSR count). The molecule has 0 saturated heterocycles. The molecule has 0 radical (unpaired) electrons. The first-order chi connectivity index (χ1) is 18.2. The van der Waals surface area contributed by atoms with Crippen LogP contribution in [0.1, 0.15) is 19.8 Å². The smallest absolute Gasteiger partial charge is 0.206 e. The lowest BCUT2D eigenvalue weighted by atomic mass is 10.1. The van der Waals surface area contributed by atoms with Gasteiger partial charge in [0.15, 0.2) is 0 Å². The third-order valence-electron chi connectivity index (χ3n) is 6.07. The van der Waals surface area contributed by atoms with Crippen LogP contribution in [0.3, 0.4) is 0 Å². The van der Waals surface area contributed by atoms with Crippen molar-refractivity contribution in [1.29, 1.82) is 0 Å². The van der Waals surface area contributed by atoms with Crippen LogP contribution in [0.4, 0.5) is 5.13 Å². The second kappa shape index (κ2) is 11.3. The van der Waals surface area contributed by atoms with Gasteiger partial charge in [0.25, 0.3) is 0 Å². The fourth-order valence-corrected chi connectivity index (χ4v) is 4.75. The number of aromatic nitrogens is 4. The second-order valence-corrected chi connectivity index (χ2v) is 9.50. The molecule has 0 aliphatic heterocycles. The van der Waals surface area contributed by atoms with E-state index in [-0.39, 0.29) is 0 Å². The van der Waals surface area contributed by atoms with Crippen molar-refractivity contribution in [3.8, 4) is 50.3 Å². The summed E-state index contributed by atoms with van der Waals surface area (Å²) in [6, 6.07) is 26.3. The molecule has 188 valence electrons. The van der Waals surface area contributed by atoms with Crippen LogP contribution in [0, 0.1) is 0 Å². The van der Waals surface area contributed by atoms with Gasteiger partial charge in [0.2, 0.25) is 5.13 Å². The first kappa shape index (κ1) is 24.5. The highest BCUT2D eigenvalue weighted by Gasteiger charge is 2.15. The van der Waals surface area contributed by atoms with Crippen LogP contribution in [0.25, 0.3) is 38.8 Å². The number of rotatable bonds is 10. The van der Waals surface area contributed by atoms with Crippen LogP contribution in [-0.4, -0.2) is 40.7 Å². The zero-order chi connectivity index (χ0) is 25.6. The predicted octanol–water partition coefficient (Wildman–Crippen LogP) is 6.95. The van der Waals surface area contributed by atoms with Gasteiger partial charge in [-0.2, -0.15) is 5.10 Å². The van der Waals surface area contributed by atoms with Crippen molar-refractivity contribution in [1.82, 2.24) is 20.0 Å². The Morgan fingerprint density at radius 1 is 0.784 bits per heavy atom. The Bertz CT molecular complexity index is 1440. The van der Waals surface area contributed by atoms with E-state index in [1.165, 1.54) is 0 Å². The SMILES string of the molecule is CCCCNc1nnc(-c2ccc(-n3nc(-c4ccc(OC)cc4)cc3-c3ccc(OC)cc3)cc2)s1. The minimum atomic E-state index is 0.814. The van der Waals surface area contributed by atoms with Crippen LogP contribution in [0.5, 0.6) is 11.5 Å². The van der Waals surface area contributed by atoms with E-state index in [1.54, 1.807) is 25.6 Å². The summed E-state index contributed by atoms with van der Waals surface area (Å²) >= 11 is 1.57. The van der Waals surface area contributed by atoms with E-state index in [0.717, 1.165) is 74.8 Å². The molecule has 0 unspecified atom stereocenters. The molecule has 8 heteroatoms. The Hall–Kier alpha value is -4.17. The summed E-state index contributed by atoms with van der Waals surface area (Å²) in [5.41, 5.74) is 5.91. The molecule has 7 nitrogen and oxygen atoms in total. The standard InChI is InChI=1S/C29H29N5O2S/c1-4-5-18-30-29-32-31-28(37-29)22-6-12-23(13-7-22)34-27(21-10-16-25(36-3)17-11-21)19-26(33-34)20-8-14-24(35-2)15-9-20/h6-17,19H,4-5,18H2,1-3H3,(H,30,32). The van der Waals surface area contributed by atoms with E-state index >= 15 is 0 Å². The number of hydrogen-bond acceptors (Lipinski definition) is 7. The number of nitrogens with one attached hydrogen (secondary N) is 1. The lowest BCUT2D eigenvalue weighted by molar-refractivity contribution is 0.414. The number of anilines is 1. The Kier molecular flexibility index (Phi) is 7.46. The highest BCUT2D eigenvalue weighted by molar-refractivity contribution is 7.18. The van der Waals surface area contributed by atoms with Crippen molar-refractivity contribution >= 4 is 16.5 Å². The van der Waals surface area contributed by atoms with Gasteiger partial charge >= 0.3 is 0 Å². The number of methoxy groups -OCH3 is 2. The van der Waals surface area contributed by atoms with Crippen molar-refractivity contribution in [2.75, 3.05) is 26.1 Å². The van der Waals surface area contributed by atoms with E-state index < -0.39 is 0 Å². The molecule has 0 bridgehead atoms. The predicted molar refractivity (Wildman–Crippen MR) is 150 cm³/mol. The van der Waals surface area contributed by atoms with Crippen molar-refractivity contribution in [2.45, 2.75) is 19.8 Å². The van der Waals surface area contributed by atoms with Gasteiger partial charge in [-0.25, -0.2) is 4.68 Å². The minimum Gasteiger partial charge on any atom is -0.497 e. The van der Waals surface area contributed by atoms with Crippen molar-refractivity contribution in [2.24, 2.45) is 0 Å². The summed E-state index contributed by atoms with van der Waals surface area (Å²) < 4.78 is 12.6. The van der Waals surface area contributed by atoms with Crippen LogP contribution in [0.2, 0.25) is 0 Å². The maximum absolute atomic E-state index is 5.35. The number of benzene rings is 3. The average molecular weight is 512 g/mol. The summed E-state index contributed by atoms with van der Waals surface area (Å²) in [7, 11) is 3.34. The average Bonchev–Trinajstić information content (AvgIpc) is 3.62. The molecular formula is C29H29N5O2S. The normalized spacial score (nSPS) is 10.9. The van der Waals surface area contributed by atoms with Gasteiger partial charge in [-0.15, -0.1) is 10.2 Å². The molecule has 37 heavy (non-hydrogen) atoms. The van der Waals surface area contributed by atoms with E-state index in [1.807, 2.05) is 53.2 Å². The lowest BCUT2D eigenvalue weighted by Gasteiger charge is -2.09. The number of nitrogens with zero attached hydrogens (tertiary/aromatic N) is 4. The Morgan fingerprint density at radius 2 is 1.41 bits per heavy atom. The maximum atomic E-state index is 5.35. The van der Waals surface area contributed by atoms with E-state index in [0.29, 0.717) is 0 Å². The van der Waals surface area contributed by atoms with Gasteiger partial charge < -0.3 is 14.8 Å². The van der Waals surface area contributed by atoms with Crippen molar-refractivity contribution < 1.29 is 9.47 Å². The zero-order valence-corrected chi connectivity index (χ0v) is 22.0. The fourth-order valence-electron chi connectivity index (χ4n) is 3.98. The highest BCUT2D eigenvalue weighted by atomic mass is 32.1. The van der Waals surface area contributed by atoms with Gasteiger partial charge in [-0.1, -0.05) is 24.7 Å². The van der Waals surface area contributed by atoms with Gasteiger partial charge in [0.1, 0.15) is 16.5 Å². The summed E-state index contributed by atoms with van der Waals surface area (Å²) in [4.78, 5) is 0. The fraction of sp³-hybridized carbons (Fsp3) is 0.207. The van der Waals surface area contributed by atoms with Gasteiger partial charge in [-0.3, -0.25) is 0 Å². The molecule has 0 amide bonds. The van der Waals surface area contributed by atoms with Crippen LogP contribution in [0.15, 0.2) is 78.9 Å². The minimum absolute atomic E-state index is 0.814. The van der Waals surface area contributed by atoms with Crippen LogP contribution < -0.4 is 14.8 Å². The van der Waals surface area contributed by atoms with E-state index in [2.05, 4.69) is 52.8 Å². The Labute approximate surface area is 220 Å². The number of hydrogen-bond donors (Lipinski definition) is 1. The quantitative estimate of drug-likeness (QED) is 0.204. The van der Waals surface area contributed by atoms with Crippen molar-refractivity contribution in [3.63, 3.8) is 0 Å². The molecule has 0 aliphatic carbocycles. The van der Waals surface area contributed by atoms with Crippen LogP contribution >= 0.6 is 11.3 Å². The van der Waals surface area contributed by atoms with E-state index in [4.69, 9.17) is 14.6 Å². The molecule has 5 aromatic rings. The Balaban J connectivity index is 1.48. The largest absolute Gasteiger partial charge is 0.497 e. The zero-order valence-electron chi connectivity index (χ0n) is 21.1. The molecular weight excluding hydrogens is 482 g/mol. The van der Waals surface area contributed by atoms with E-state index in [9.17, 15) is 0 Å². The monoisotopic (exact) mass is 511 g/mol. The molecule has 1 N–H and O–H groups in total. The molecule has 2 heterocycles. The summed E-state index contributed by atoms with van der Waals surface area (Å²) in [5.74, 6) is 1.63. The molecule has 0 saturated carbocycles. The first-order valence-corrected chi connectivity index (χ1v) is 13.1. The molecule has 3 aromatic carbocycles. The third-order valence-corrected chi connectivity index (χ3v) is 7.00. The molecule has 0 atom stereocenters. The number of ether oxygens (including phenoxy) is 2. The number of unbranched alkanes of at least 4 members (excludes halogenated alkanes) is 1. The van der Waals surface area contributed by atoms with Crippen molar-refractivity contribution in [3.05, 3.63) is 78.9 Å². The highest BCUT2D eigenvalue weighted by Crippen LogP contribution is 2.32. The Morgan fingerprint density at radius 3 is 2.03 bits per heavy atom. The van der Waals surface area contributed by atoms with Gasteiger partial charge in [0, 0.05) is 23.2 Å². The summed E-state index contributed by atoms with van der Waals surface area (Å²) in [5, 5.41) is 18.7. The summed E-state index contributed by atoms with van der Waals surface area (Å²) in [6.07, 6.45) is 2.26. The molecule has 2 aromatic heterocycles. The topological polar surface area (TPSA) is 74.1 Å². The molecule has 0 fully saturated rings. The molecule has 0 spiro atoms. The summed E-state index contributed by atoms with van der Waals surface area (Å²) in [6.45, 7) is 3.09. The van der Waals surface area contributed by atoms with Crippen LogP contribution in [-0.2, 0) is 0 Å². The third kappa shape index (κ3) is 5.49. The second-order valence-electron chi connectivity index (χ2n) is 8.52. The van der Waals surface area contributed by atoms with Gasteiger partial charge in [-0.05, 0) is 85.3 Å². The lowest BCUT2D eigenvalue weighted by Crippen LogP contribution is -1.99.